The molecule has 0 N–H and O–H groups in total. The Kier molecular flexibility index (Phi) is 4.17. The molecule has 0 aromatic heterocycles. The quantitative estimate of drug-likeness (QED) is 0.867. The third-order valence-electron chi connectivity index (χ3n) is 4.43. The molecule has 2 aromatic carbocycles. The molecule has 0 amide bonds. The molecule has 4 nitrogen and oxygen atoms in total. The number of methoxy groups -OCH3 is 1. The first-order valence-electron chi connectivity index (χ1n) is 7.69. The van der Waals surface area contributed by atoms with Crippen molar-refractivity contribution in [3.05, 3.63) is 59.2 Å². The molecule has 3 rings (SSSR count). The summed E-state index contributed by atoms with van der Waals surface area (Å²) in [5.74, 6) is 0.811. The van der Waals surface area contributed by atoms with E-state index in [4.69, 9.17) is 4.74 Å². The molecule has 1 atom stereocenters. The Bertz CT molecular complexity index is 830. The number of hydrogen-bond donors (Lipinski definition) is 0. The van der Waals surface area contributed by atoms with Gasteiger partial charge in [-0.3, -0.25) is 0 Å². The van der Waals surface area contributed by atoms with Gasteiger partial charge in [-0.25, -0.2) is 8.42 Å². The highest BCUT2D eigenvalue weighted by molar-refractivity contribution is 7.89. The molecule has 5 heteroatoms. The Balaban J connectivity index is 1.98. The van der Waals surface area contributed by atoms with Crippen molar-refractivity contribution in [2.24, 2.45) is 0 Å². The van der Waals surface area contributed by atoms with Crippen molar-refractivity contribution in [1.29, 1.82) is 0 Å². The summed E-state index contributed by atoms with van der Waals surface area (Å²) in [6.45, 7) is 4.33. The third-order valence-corrected chi connectivity index (χ3v) is 6.40. The summed E-state index contributed by atoms with van der Waals surface area (Å²) in [5, 5.41) is 0. The van der Waals surface area contributed by atoms with Crippen LogP contribution in [0.4, 0.5) is 0 Å². The second-order valence-corrected chi connectivity index (χ2v) is 7.81. The minimum absolute atomic E-state index is 0.185. The largest absolute Gasteiger partial charge is 0.497 e. The smallest absolute Gasteiger partial charge is 0.243 e. The normalized spacial score (nSPS) is 18.5. The van der Waals surface area contributed by atoms with Crippen molar-refractivity contribution in [1.82, 2.24) is 4.31 Å². The van der Waals surface area contributed by atoms with Gasteiger partial charge in [0.15, 0.2) is 0 Å². The lowest BCUT2D eigenvalue weighted by molar-refractivity contribution is 0.325. The fraction of sp³-hybridized carbons (Fsp3) is 0.333. The van der Waals surface area contributed by atoms with E-state index < -0.39 is 10.0 Å². The summed E-state index contributed by atoms with van der Waals surface area (Å²) >= 11 is 0. The van der Waals surface area contributed by atoms with Gasteiger partial charge in [-0.1, -0.05) is 18.2 Å². The van der Waals surface area contributed by atoms with Gasteiger partial charge in [-0.2, -0.15) is 4.31 Å². The first-order chi connectivity index (χ1) is 10.9. The number of ether oxygens (including phenoxy) is 1. The molecule has 0 bridgehead atoms. The van der Waals surface area contributed by atoms with Gasteiger partial charge in [0, 0.05) is 12.6 Å². The SMILES string of the molecule is COc1ccc2c(c1)CCN(S(=O)(=O)c1cccc(C)c1)C2C. The van der Waals surface area contributed by atoms with Crippen LogP contribution in [0.15, 0.2) is 47.4 Å². The number of hydrogen-bond acceptors (Lipinski definition) is 3. The maximum Gasteiger partial charge on any atom is 0.243 e. The summed E-state index contributed by atoms with van der Waals surface area (Å²) in [6, 6.07) is 12.8. The minimum atomic E-state index is -3.49. The van der Waals surface area contributed by atoms with Crippen LogP contribution in [0.1, 0.15) is 29.7 Å². The predicted molar refractivity (Wildman–Crippen MR) is 90.2 cm³/mol. The van der Waals surface area contributed by atoms with E-state index in [9.17, 15) is 8.42 Å². The minimum Gasteiger partial charge on any atom is -0.497 e. The van der Waals surface area contributed by atoms with Crippen LogP contribution < -0.4 is 4.74 Å². The molecule has 1 aliphatic heterocycles. The van der Waals surface area contributed by atoms with E-state index in [-0.39, 0.29) is 6.04 Å². The molecule has 0 fully saturated rings. The molecule has 23 heavy (non-hydrogen) atoms. The van der Waals surface area contributed by atoms with E-state index in [1.165, 1.54) is 0 Å². The van der Waals surface area contributed by atoms with Gasteiger partial charge in [0.05, 0.1) is 12.0 Å². The van der Waals surface area contributed by atoms with Gasteiger partial charge in [-0.15, -0.1) is 0 Å². The van der Waals surface area contributed by atoms with E-state index in [0.29, 0.717) is 17.9 Å². The third kappa shape index (κ3) is 2.86. The Morgan fingerprint density at radius 1 is 1.17 bits per heavy atom. The Hall–Kier alpha value is -1.85. The van der Waals surface area contributed by atoms with E-state index in [1.807, 2.05) is 38.1 Å². The number of benzene rings is 2. The van der Waals surface area contributed by atoms with Crippen LogP contribution in [0, 0.1) is 6.92 Å². The summed E-state index contributed by atoms with van der Waals surface area (Å²) in [6.07, 6.45) is 0.696. The molecule has 0 radical (unpaired) electrons. The molecule has 1 unspecified atom stereocenters. The molecule has 2 aromatic rings. The number of aryl methyl sites for hydroxylation is 1. The topological polar surface area (TPSA) is 46.6 Å². The maximum absolute atomic E-state index is 13.0. The second-order valence-electron chi connectivity index (χ2n) is 5.92. The molecule has 0 aliphatic carbocycles. The van der Waals surface area contributed by atoms with Crippen LogP contribution in [0.3, 0.4) is 0 Å². The van der Waals surface area contributed by atoms with Crippen LogP contribution in [-0.4, -0.2) is 26.4 Å². The second kappa shape index (κ2) is 5.98. The fourth-order valence-corrected chi connectivity index (χ4v) is 4.87. The van der Waals surface area contributed by atoms with Crippen LogP contribution in [-0.2, 0) is 16.4 Å². The molecular formula is C18H21NO3S. The van der Waals surface area contributed by atoms with E-state index in [1.54, 1.807) is 29.6 Å². The standard InChI is InChI=1S/C18H21NO3S/c1-13-5-4-6-17(11-13)23(20,21)19-10-9-15-12-16(22-3)7-8-18(15)14(19)2/h4-8,11-12,14H,9-10H2,1-3H3. The lowest BCUT2D eigenvalue weighted by Gasteiger charge is -2.34. The van der Waals surface area contributed by atoms with Gasteiger partial charge in [0.25, 0.3) is 0 Å². The average Bonchev–Trinajstić information content (AvgIpc) is 2.54. The summed E-state index contributed by atoms with van der Waals surface area (Å²) in [7, 11) is -1.85. The first kappa shape index (κ1) is 16.0. The molecule has 1 aliphatic rings. The lowest BCUT2D eigenvalue weighted by atomic mass is 9.95. The molecular weight excluding hydrogens is 310 g/mol. The molecule has 0 saturated carbocycles. The highest BCUT2D eigenvalue weighted by Gasteiger charge is 2.33. The summed E-state index contributed by atoms with van der Waals surface area (Å²) < 4.78 is 32.8. The Morgan fingerprint density at radius 2 is 1.96 bits per heavy atom. The Morgan fingerprint density at radius 3 is 2.65 bits per heavy atom. The number of sulfonamides is 1. The number of nitrogens with zero attached hydrogens (tertiary/aromatic N) is 1. The van der Waals surface area contributed by atoms with Gasteiger partial charge in [0.2, 0.25) is 10.0 Å². The molecule has 1 heterocycles. The number of rotatable bonds is 3. The van der Waals surface area contributed by atoms with Crippen LogP contribution in [0.25, 0.3) is 0 Å². The van der Waals surface area contributed by atoms with Gasteiger partial charge in [-0.05, 0) is 61.2 Å². The molecule has 0 spiro atoms. The van der Waals surface area contributed by atoms with E-state index in [2.05, 4.69) is 0 Å². The van der Waals surface area contributed by atoms with Crippen molar-refractivity contribution >= 4 is 10.0 Å². The van der Waals surface area contributed by atoms with Crippen molar-refractivity contribution < 1.29 is 13.2 Å². The first-order valence-corrected chi connectivity index (χ1v) is 9.13. The van der Waals surface area contributed by atoms with Gasteiger partial charge < -0.3 is 4.74 Å². The van der Waals surface area contributed by atoms with Crippen LogP contribution in [0.5, 0.6) is 5.75 Å². The van der Waals surface area contributed by atoms with Crippen LogP contribution >= 0.6 is 0 Å². The van der Waals surface area contributed by atoms with Crippen LogP contribution in [0.2, 0.25) is 0 Å². The summed E-state index contributed by atoms with van der Waals surface area (Å²) in [4.78, 5) is 0.362. The average molecular weight is 331 g/mol. The fourth-order valence-electron chi connectivity index (χ4n) is 3.15. The summed E-state index contributed by atoms with van der Waals surface area (Å²) in [5.41, 5.74) is 3.15. The highest BCUT2D eigenvalue weighted by atomic mass is 32.2. The van der Waals surface area contributed by atoms with Crippen molar-refractivity contribution in [2.75, 3.05) is 13.7 Å². The molecule has 122 valence electrons. The molecule has 0 saturated heterocycles. The van der Waals surface area contributed by atoms with Crippen molar-refractivity contribution in [3.8, 4) is 5.75 Å². The van der Waals surface area contributed by atoms with Gasteiger partial charge in [0.1, 0.15) is 5.75 Å². The zero-order valence-corrected chi connectivity index (χ0v) is 14.4. The van der Waals surface area contributed by atoms with E-state index >= 15 is 0 Å². The maximum atomic E-state index is 13.0. The predicted octanol–water partition coefficient (Wildman–Crippen LogP) is 3.31. The zero-order valence-electron chi connectivity index (χ0n) is 13.6. The zero-order chi connectivity index (χ0) is 16.6. The van der Waals surface area contributed by atoms with E-state index in [0.717, 1.165) is 22.4 Å². The lowest BCUT2D eigenvalue weighted by Crippen LogP contribution is -2.38. The monoisotopic (exact) mass is 331 g/mol. The highest BCUT2D eigenvalue weighted by Crippen LogP contribution is 2.35. The van der Waals surface area contributed by atoms with Crippen molar-refractivity contribution in [3.63, 3.8) is 0 Å². The Labute approximate surface area is 137 Å². The number of fused-ring (bicyclic) bond motifs is 1. The van der Waals surface area contributed by atoms with Crippen molar-refractivity contribution in [2.45, 2.75) is 31.2 Å². The van der Waals surface area contributed by atoms with Gasteiger partial charge >= 0.3 is 0 Å².